The molecule has 1 rings (SSSR count). The van der Waals surface area contributed by atoms with Gasteiger partial charge in [-0.1, -0.05) is 0 Å². The van der Waals surface area contributed by atoms with Crippen LogP contribution in [0.3, 0.4) is 0 Å². The molecule has 21 heavy (non-hydrogen) atoms. The number of esters is 1. The van der Waals surface area contributed by atoms with Gasteiger partial charge in [-0.2, -0.15) is 5.26 Å². The van der Waals surface area contributed by atoms with E-state index in [1.165, 1.54) is 26.2 Å². The maximum atomic E-state index is 11.9. The quantitative estimate of drug-likeness (QED) is 0.452. The first-order valence-corrected chi connectivity index (χ1v) is 6.27. The van der Waals surface area contributed by atoms with Crippen LogP contribution in [0.15, 0.2) is 18.2 Å². The van der Waals surface area contributed by atoms with Gasteiger partial charge in [0.15, 0.2) is 5.41 Å². The first-order chi connectivity index (χ1) is 9.86. The van der Waals surface area contributed by atoms with Crippen LogP contribution >= 0.6 is 0 Å². The van der Waals surface area contributed by atoms with Gasteiger partial charge in [-0.3, -0.25) is 14.9 Å². The number of methoxy groups -OCH3 is 1. The van der Waals surface area contributed by atoms with Crippen LogP contribution in [-0.4, -0.2) is 24.6 Å². The third-order valence-electron chi connectivity index (χ3n) is 2.93. The average Bonchev–Trinajstić information content (AvgIpc) is 2.46. The third-order valence-corrected chi connectivity index (χ3v) is 2.93. The van der Waals surface area contributed by atoms with Gasteiger partial charge in [0.2, 0.25) is 0 Å². The number of non-ortho nitro benzene ring substituents is 1. The van der Waals surface area contributed by atoms with Crippen molar-refractivity contribution in [3.63, 3.8) is 0 Å². The molecule has 112 valence electrons. The molecule has 0 aliphatic rings. The van der Waals surface area contributed by atoms with Crippen molar-refractivity contribution in [1.29, 1.82) is 5.26 Å². The van der Waals surface area contributed by atoms with E-state index in [1.54, 1.807) is 13.0 Å². The first-order valence-electron chi connectivity index (χ1n) is 6.27. The van der Waals surface area contributed by atoms with Crippen molar-refractivity contribution < 1.29 is 19.2 Å². The summed E-state index contributed by atoms with van der Waals surface area (Å²) in [6.45, 7) is 3.25. The fourth-order valence-electron chi connectivity index (χ4n) is 1.82. The topological polar surface area (TPSA) is 102 Å². The van der Waals surface area contributed by atoms with Crippen LogP contribution in [-0.2, 0) is 16.0 Å². The number of carbonyl (C=O) groups excluding carboxylic acids is 1. The van der Waals surface area contributed by atoms with Crippen molar-refractivity contribution in [3.8, 4) is 11.8 Å². The molecule has 0 aliphatic heterocycles. The molecule has 7 heteroatoms. The van der Waals surface area contributed by atoms with Gasteiger partial charge < -0.3 is 9.47 Å². The molecular formula is C14H16N2O5. The molecule has 1 aromatic rings. The summed E-state index contributed by atoms with van der Waals surface area (Å²) in [5, 5.41) is 20.1. The van der Waals surface area contributed by atoms with E-state index in [0.29, 0.717) is 11.3 Å². The molecule has 0 saturated heterocycles. The Labute approximate surface area is 122 Å². The number of nitro groups is 1. The summed E-state index contributed by atoms with van der Waals surface area (Å²) in [7, 11) is 1.39. The molecule has 0 aliphatic carbocycles. The number of nitrogens with zero attached hydrogens (tertiary/aromatic N) is 2. The zero-order valence-electron chi connectivity index (χ0n) is 12.1. The van der Waals surface area contributed by atoms with Crippen molar-refractivity contribution in [3.05, 3.63) is 33.9 Å². The van der Waals surface area contributed by atoms with Crippen LogP contribution in [0.4, 0.5) is 5.69 Å². The lowest BCUT2D eigenvalue weighted by Crippen LogP contribution is -2.30. The molecule has 0 heterocycles. The Kier molecular flexibility index (Phi) is 5.24. The fraction of sp³-hybridized carbons (Fsp3) is 0.429. The predicted molar refractivity (Wildman–Crippen MR) is 73.7 cm³/mol. The molecule has 1 atom stereocenters. The van der Waals surface area contributed by atoms with Gasteiger partial charge in [0, 0.05) is 12.5 Å². The average molecular weight is 292 g/mol. The zero-order chi connectivity index (χ0) is 16.0. The SMILES string of the molecule is CCOC(=O)C(C)(C#N)Cc1cc(OC)cc([N+](=O)[O-])c1. The molecular weight excluding hydrogens is 276 g/mol. The second-order valence-electron chi connectivity index (χ2n) is 4.64. The number of nitriles is 1. The van der Waals surface area contributed by atoms with Gasteiger partial charge in [-0.25, -0.2) is 0 Å². The maximum Gasteiger partial charge on any atom is 0.326 e. The van der Waals surface area contributed by atoms with Gasteiger partial charge in [0.25, 0.3) is 5.69 Å². The largest absolute Gasteiger partial charge is 0.496 e. The van der Waals surface area contributed by atoms with Crippen molar-refractivity contribution in [2.24, 2.45) is 5.41 Å². The van der Waals surface area contributed by atoms with E-state index in [9.17, 15) is 20.2 Å². The minimum Gasteiger partial charge on any atom is -0.496 e. The van der Waals surface area contributed by atoms with Crippen molar-refractivity contribution in [1.82, 2.24) is 0 Å². The van der Waals surface area contributed by atoms with Crippen LogP contribution < -0.4 is 4.74 Å². The van der Waals surface area contributed by atoms with E-state index in [0.717, 1.165) is 0 Å². The first kappa shape index (κ1) is 16.4. The summed E-state index contributed by atoms with van der Waals surface area (Å²) in [6.07, 6.45) is 0.000370. The summed E-state index contributed by atoms with van der Waals surface area (Å²) in [5.41, 5.74) is -1.11. The molecule has 0 spiro atoms. The van der Waals surface area contributed by atoms with Crippen LogP contribution in [0.1, 0.15) is 19.4 Å². The van der Waals surface area contributed by atoms with E-state index < -0.39 is 16.3 Å². The molecule has 0 fully saturated rings. The van der Waals surface area contributed by atoms with Crippen LogP contribution in [0.2, 0.25) is 0 Å². The second kappa shape index (κ2) is 6.70. The molecule has 1 unspecified atom stereocenters. The summed E-state index contributed by atoms with van der Waals surface area (Å²) in [5.74, 6) is -0.360. The Morgan fingerprint density at radius 1 is 1.48 bits per heavy atom. The third kappa shape index (κ3) is 3.92. The van der Waals surface area contributed by atoms with E-state index in [2.05, 4.69) is 0 Å². The second-order valence-corrected chi connectivity index (χ2v) is 4.64. The summed E-state index contributed by atoms with van der Waals surface area (Å²) in [6, 6.07) is 6.06. The van der Waals surface area contributed by atoms with E-state index >= 15 is 0 Å². The number of rotatable bonds is 6. The highest BCUT2D eigenvalue weighted by molar-refractivity contribution is 5.80. The standard InChI is InChI=1S/C14H16N2O5/c1-4-21-13(17)14(2,9-15)8-10-5-11(16(18)19)7-12(6-10)20-3/h5-7H,4,8H2,1-3H3. The lowest BCUT2D eigenvalue weighted by Gasteiger charge is -2.19. The van der Waals surface area contributed by atoms with E-state index in [4.69, 9.17) is 9.47 Å². The summed E-state index contributed by atoms with van der Waals surface area (Å²) in [4.78, 5) is 22.2. The zero-order valence-corrected chi connectivity index (χ0v) is 12.1. The van der Waals surface area contributed by atoms with E-state index in [-0.39, 0.29) is 18.7 Å². The Hall–Kier alpha value is -2.62. The molecule has 0 amide bonds. The predicted octanol–water partition coefficient (Wildman–Crippen LogP) is 2.24. The Morgan fingerprint density at radius 3 is 2.62 bits per heavy atom. The lowest BCUT2D eigenvalue weighted by atomic mass is 9.85. The Balaban J connectivity index is 3.16. The highest BCUT2D eigenvalue weighted by Gasteiger charge is 2.35. The van der Waals surface area contributed by atoms with Crippen LogP contribution in [0, 0.1) is 26.9 Å². The minimum atomic E-state index is -1.41. The van der Waals surface area contributed by atoms with Crippen LogP contribution in [0.5, 0.6) is 5.75 Å². The molecule has 0 aromatic heterocycles. The summed E-state index contributed by atoms with van der Waals surface area (Å²) < 4.78 is 9.88. The van der Waals surface area contributed by atoms with Crippen molar-refractivity contribution >= 4 is 11.7 Å². The van der Waals surface area contributed by atoms with Gasteiger partial charge in [0.05, 0.1) is 30.8 Å². The number of ether oxygens (including phenoxy) is 2. The minimum absolute atomic E-state index is 0.000370. The Bertz CT molecular complexity index is 594. The molecule has 7 nitrogen and oxygen atoms in total. The van der Waals surface area contributed by atoms with Crippen molar-refractivity contribution in [2.75, 3.05) is 13.7 Å². The molecule has 0 radical (unpaired) electrons. The fourth-order valence-corrected chi connectivity index (χ4v) is 1.82. The number of nitro benzene ring substituents is 1. The highest BCUT2D eigenvalue weighted by atomic mass is 16.6. The number of hydrogen-bond acceptors (Lipinski definition) is 6. The molecule has 1 aromatic carbocycles. The lowest BCUT2D eigenvalue weighted by molar-refractivity contribution is -0.385. The highest BCUT2D eigenvalue weighted by Crippen LogP contribution is 2.29. The maximum absolute atomic E-state index is 11.9. The monoisotopic (exact) mass is 292 g/mol. The molecule has 0 N–H and O–H groups in total. The van der Waals surface area contributed by atoms with Gasteiger partial charge in [-0.05, 0) is 25.5 Å². The number of carbonyl (C=O) groups is 1. The van der Waals surface area contributed by atoms with Crippen molar-refractivity contribution in [2.45, 2.75) is 20.3 Å². The van der Waals surface area contributed by atoms with Gasteiger partial charge in [0.1, 0.15) is 5.75 Å². The van der Waals surface area contributed by atoms with Gasteiger partial charge >= 0.3 is 5.97 Å². The number of benzene rings is 1. The smallest absolute Gasteiger partial charge is 0.326 e. The molecule has 0 saturated carbocycles. The Morgan fingerprint density at radius 2 is 2.14 bits per heavy atom. The van der Waals surface area contributed by atoms with E-state index in [1.807, 2.05) is 6.07 Å². The normalized spacial score (nSPS) is 12.9. The number of hydrogen-bond donors (Lipinski definition) is 0. The van der Waals surface area contributed by atoms with Crippen LogP contribution in [0.25, 0.3) is 0 Å². The summed E-state index contributed by atoms with van der Waals surface area (Å²) >= 11 is 0. The molecule has 0 bridgehead atoms. The van der Waals surface area contributed by atoms with Gasteiger partial charge in [-0.15, -0.1) is 0 Å².